The maximum Gasteiger partial charge on any atom is 0.288 e. The molecule has 134 valence electrons. The Morgan fingerprint density at radius 2 is 1.77 bits per heavy atom. The summed E-state index contributed by atoms with van der Waals surface area (Å²) in [4.78, 5) is 15.8. The van der Waals surface area contributed by atoms with Crippen LogP contribution in [-0.2, 0) is 6.42 Å². The first-order valence-electron chi connectivity index (χ1n) is 8.64. The van der Waals surface area contributed by atoms with E-state index in [2.05, 4.69) is 56.9 Å². The molecule has 3 aromatic rings. The number of benzene rings is 2. The standard InChI is InChI=1S/C20H22N4O2/c1-3-26-18-10-8-17(9-11-18)16-6-4-15(5-7-16)12-14(2)23-20(25)19-21-13-22-24-19/h4-11,13-14H,3,12H2,1-2H3,(H,23,25)(H,21,22,24). The normalized spacial score (nSPS) is 11.8. The van der Waals surface area contributed by atoms with Gasteiger partial charge >= 0.3 is 0 Å². The van der Waals surface area contributed by atoms with E-state index in [-0.39, 0.29) is 17.8 Å². The molecule has 2 aromatic carbocycles. The zero-order valence-electron chi connectivity index (χ0n) is 14.9. The van der Waals surface area contributed by atoms with Crippen LogP contribution in [0.25, 0.3) is 11.1 Å². The van der Waals surface area contributed by atoms with Crippen molar-refractivity contribution < 1.29 is 9.53 Å². The molecule has 1 heterocycles. The van der Waals surface area contributed by atoms with Crippen molar-refractivity contribution in [3.8, 4) is 16.9 Å². The Hall–Kier alpha value is -3.15. The zero-order chi connectivity index (χ0) is 18.4. The maximum absolute atomic E-state index is 12.0. The zero-order valence-corrected chi connectivity index (χ0v) is 14.9. The largest absolute Gasteiger partial charge is 0.494 e. The Balaban J connectivity index is 1.59. The highest BCUT2D eigenvalue weighted by Crippen LogP contribution is 2.23. The van der Waals surface area contributed by atoms with Crippen LogP contribution in [0.1, 0.15) is 30.0 Å². The molecule has 6 nitrogen and oxygen atoms in total. The second kappa shape index (κ2) is 8.29. The van der Waals surface area contributed by atoms with Gasteiger partial charge in [-0.25, -0.2) is 4.98 Å². The van der Waals surface area contributed by atoms with Crippen LogP contribution < -0.4 is 10.1 Å². The van der Waals surface area contributed by atoms with Gasteiger partial charge in [-0.15, -0.1) is 0 Å². The molecular formula is C20H22N4O2. The van der Waals surface area contributed by atoms with E-state index in [1.54, 1.807) is 0 Å². The number of hydrogen-bond acceptors (Lipinski definition) is 4. The van der Waals surface area contributed by atoms with Crippen molar-refractivity contribution in [1.82, 2.24) is 20.5 Å². The minimum absolute atomic E-state index is 0.0103. The molecule has 0 radical (unpaired) electrons. The van der Waals surface area contributed by atoms with E-state index < -0.39 is 0 Å². The third-order valence-corrected chi connectivity index (χ3v) is 4.00. The average molecular weight is 350 g/mol. The highest BCUT2D eigenvalue weighted by molar-refractivity contribution is 5.90. The minimum Gasteiger partial charge on any atom is -0.494 e. The fourth-order valence-electron chi connectivity index (χ4n) is 2.76. The lowest BCUT2D eigenvalue weighted by atomic mass is 10.0. The van der Waals surface area contributed by atoms with Crippen LogP contribution in [0.4, 0.5) is 0 Å². The number of nitrogens with one attached hydrogen (secondary N) is 2. The first-order valence-corrected chi connectivity index (χ1v) is 8.64. The predicted octanol–water partition coefficient (Wildman–Crippen LogP) is 3.23. The van der Waals surface area contributed by atoms with Gasteiger partial charge in [-0.05, 0) is 49.1 Å². The Morgan fingerprint density at radius 3 is 2.35 bits per heavy atom. The lowest BCUT2D eigenvalue weighted by Gasteiger charge is -2.13. The number of carbonyl (C=O) groups excluding carboxylic acids is 1. The van der Waals surface area contributed by atoms with Crippen molar-refractivity contribution in [1.29, 1.82) is 0 Å². The smallest absolute Gasteiger partial charge is 0.288 e. The molecule has 1 unspecified atom stereocenters. The van der Waals surface area contributed by atoms with Crippen molar-refractivity contribution in [3.63, 3.8) is 0 Å². The molecule has 3 rings (SSSR count). The van der Waals surface area contributed by atoms with Crippen molar-refractivity contribution in [3.05, 3.63) is 66.2 Å². The number of aromatic amines is 1. The molecule has 0 aliphatic carbocycles. The van der Waals surface area contributed by atoms with Gasteiger partial charge in [-0.1, -0.05) is 36.4 Å². The summed E-state index contributed by atoms with van der Waals surface area (Å²) in [7, 11) is 0. The van der Waals surface area contributed by atoms with Gasteiger partial charge in [-0.3, -0.25) is 9.89 Å². The number of amides is 1. The topological polar surface area (TPSA) is 79.9 Å². The van der Waals surface area contributed by atoms with Gasteiger partial charge in [0.25, 0.3) is 5.91 Å². The number of carbonyl (C=O) groups is 1. The van der Waals surface area contributed by atoms with Crippen LogP contribution in [0.3, 0.4) is 0 Å². The van der Waals surface area contributed by atoms with Crippen LogP contribution >= 0.6 is 0 Å². The predicted molar refractivity (Wildman–Crippen MR) is 100 cm³/mol. The summed E-state index contributed by atoms with van der Waals surface area (Å²) in [5, 5.41) is 9.15. The molecular weight excluding hydrogens is 328 g/mol. The molecule has 1 atom stereocenters. The number of ether oxygens (including phenoxy) is 1. The monoisotopic (exact) mass is 350 g/mol. The fraction of sp³-hybridized carbons (Fsp3) is 0.250. The molecule has 0 aliphatic heterocycles. The average Bonchev–Trinajstić information content (AvgIpc) is 3.18. The number of nitrogens with zero attached hydrogens (tertiary/aromatic N) is 2. The third kappa shape index (κ3) is 4.47. The SMILES string of the molecule is CCOc1ccc(-c2ccc(CC(C)NC(=O)c3ncn[nH]3)cc2)cc1. The first kappa shape index (κ1) is 17.7. The van der Waals surface area contributed by atoms with Crippen LogP contribution in [-0.4, -0.2) is 33.7 Å². The van der Waals surface area contributed by atoms with Crippen molar-refractivity contribution in [2.45, 2.75) is 26.3 Å². The number of H-pyrrole nitrogens is 1. The van der Waals surface area contributed by atoms with Crippen molar-refractivity contribution >= 4 is 5.91 Å². The lowest BCUT2D eigenvalue weighted by Crippen LogP contribution is -2.34. The Kier molecular flexibility index (Phi) is 5.63. The molecule has 0 saturated carbocycles. The summed E-state index contributed by atoms with van der Waals surface area (Å²) in [5.74, 6) is 0.855. The molecule has 6 heteroatoms. The third-order valence-electron chi connectivity index (χ3n) is 4.00. The van der Waals surface area contributed by atoms with E-state index in [1.165, 1.54) is 6.33 Å². The Morgan fingerprint density at radius 1 is 1.12 bits per heavy atom. The van der Waals surface area contributed by atoms with Crippen molar-refractivity contribution in [2.75, 3.05) is 6.61 Å². The van der Waals surface area contributed by atoms with Gasteiger partial charge < -0.3 is 10.1 Å². The lowest BCUT2D eigenvalue weighted by molar-refractivity contribution is 0.0930. The van der Waals surface area contributed by atoms with Gasteiger partial charge in [-0.2, -0.15) is 5.10 Å². The molecule has 0 aliphatic rings. The summed E-state index contributed by atoms with van der Waals surface area (Å²) in [6.07, 6.45) is 2.06. The number of aromatic nitrogens is 3. The minimum atomic E-state index is -0.249. The Labute approximate surface area is 152 Å². The van der Waals surface area contributed by atoms with Crippen LogP contribution in [0.2, 0.25) is 0 Å². The molecule has 0 bridgehead atoms. The molecule has 26 heavy (non-hydrogen) atoms. The van der Waals surface area contributed by atoms with Gasteiger partial charge in [0.1, 0.15) is 12.1 Å². The quantitative estimate of drug-likeness (QED) is 0.685. The highest BCUT2D eigenvalue weighted by atomic mass is 16.5. The van der Waals surface area contributed by atoms with Gasteiger partial charge in [0, 0.05) is 6.04 Å². The molecule has 0 spiro atoms. The van der Waals surface area contributed by atoms with Crippen LogP contribution in [0.5, 0.6) is 5.75 Å². The number of rotatable bonds is 7. The molecule has 0 saturated heterocycles. The summed E-state index contributed by atoms with van der Waals surface area (Å²) in [6.45, 7) is 4.61. The van der Waals surface area contributed by atoms with Gasteiger partial charge in [0.2, 0.25) is 5.82 Å². The van der Waals surface area contributed by atoms with Crippen molar-refractivity contribution in [2.24, 2.45) is 0 Å². The number of hydrogen-bond donors (Lipinski definition) is 2. The van der Waals surface area contributed by atoms with E-state index in [9.17, 15) is 4.79 Å². The van der Waals surface area contributed by atoms with Crippen LogP contribution in [0.15, 0.2) is 54.9 Å². The van der Waals surface area contributed by atoms with Gasteiger partial charge in [0.15, 0.2) is 0 Å². The molecule has 1 amide bonds. The first-order chi connectivity index (χ1) is 12.7. The molecule has 1 aromatic heterocycles. The highest BCUT2D eigenvalue weighted by Gasteiger charge is 2.12. The summed E-state index contributed by atoms with van der Waals surface area (Å²) in [6, 6.07) is 16.4. The van der Waals surface area contributed by atoms with Crippen LogP contribution in [0, 0.1) is 0 Å². The second-order valence-corrected chi connectivity index (χ2v) is 6.07. The van der Waals surface area contributed by atoms with Gasteiger partial charge in [0.05, 0.1) is 6.61 Å². The van der Waals surface area contributed by atoms with E-state index in [4.69, 9.17) is 4.74 Å². The summed E-state index contributed by atoms with van der Waals surface area (Å²) in [5.41, 5.74) is 3.45. The van der Waals surface area contributed by atoms with E-state index in [0.717, 1.165) is 28.9 Å². The molecule has 0 fully saturated rings. The second-order valence-electron chi connectivity index (χ2n) is 6.07. The summed E-state index contributed by atoms with van der Waals surface area (Å²) < 4.78 is 5.47. The fourth-order valence-corrected chi connectivity index (χ4v) is 2.76. The van der Waals surface area contributed by atoms with E-state index in [1.807, 2.05) is 26.0 Å². The maximum atomic E-state index is 12.0. The Bertz CT molecular complexity index is 827. The van der Waals surface area contributed by atoms with E-state index in [0.29, 0.717) is 6.61 Å². The summed E-state index contributed by atoms with van der Waals surface area (Å²) >= 11 is 0. The molecule has 2 N–H and O–H groups in total. The van der Waals surface area contributed by atoms with E-state index >= 15 is 0 Å².